The molecule has 0 saturated heterocycles. The largest absolute Gasteiger partial charge is 0.462 e. The molecule has 11 heteroatoms. The molecule has 0 aliphatic rings. The molecule has 0 atom stereocenters. The number of halogens is 3. The van der Waals surface area contributed by atoms with E-state index >= 15 is 0 Å². The first-order valence-electron chi connectivity index (χ1n) is 10.5. The molecule has 2 aromatic heterocycles. The number of hydrogen-bond acceptors (Lipinski definition) is 5. The SMILES string of the molecule is CCOC(=O)c1cnn(-c2ccc(NC(=O)c3ccc(Cn4ccnc4)cc3)cc2)c1C(F)(F)F. The average Bonchev–Trinajstić information content (AvgIpc) is 3.50. The molecule has 0 spiro atoms. The molecule has 0 saturated carbocycles. The number of nitrogens with zero attached hydrogens (tertiary/aromatic N) is 4. The molecule has 0 bridgehead atoms. The number of amides is 1. The van der Waals surface area contributed by atoms with Crippen molar-refractivity contribution in [2.45, 2.75) is 19.6 Å². The van der Waals surface area contributed by atoms with Gasteiger partial charge in [-0.15, -0.1) is 0 Å². The molecular weight excluding hydrogens is 463 g/mol. The maximum Gasteiger partial charge on any atom is 0.434 e. The van der Waals surface area contributed by atoms with Gasteiger partial charge in [-0.25, -0.2) is 14.5 Å². The fraction of sp³-hybridized carbons (Fsp3) is 0.167. The Morgan fingerprint density at radius 1 is 1.06 bits per heavy atom. The second-order valence-electron chi connectivity index (χ2n) is 7.47. The van der Waals surface area contributed by atoms with E-state index in [0.29, 0.717) is 22.5 Å². The molecule has 2 heterocycles. The second kappa shape index (κ2) is 9.84. The summed E-state index contributed by atoms with van der Waals surface area (Å²) < 4.78 is 48.2. The van der Waals surface area contributed by atoms with E-state index in [1.165, 1.54) is 31.2 Å². The minimum absolute atomic E-state index is 0.0646. The first-order chi connectivity index (χ1) is 16.8. The molecule has 0 aliphatic carbocycles. The van der Waals surface area contributed by atoms with Crippen molar-refractivity contribution in [3.63, 3.8) is 0 Å². The summed E-state index contributed by atoms with van der Waals surface area (Å²) in [6.45, 7) is 2.05. The highest BCUT2D eigenvalue weighted by Crippen LogP contribution is 2.34. The van der Waals surface area contributed by atoms with Crippen LogP contribution in [0.2, 0.25) is 0 Å². The molecule has 0 unspecified atom stereocenters. The highest BCUT2D eigenvalue weighted by molar-refractivity contribution is 6.04. The van der Waals surface area contributed by atoms with Gasteiger partial charge in [-0.3, -0.25) is 4.79 Å². The van der Waals surface area contributed by atoms with Gasteiger partial charge in [0, 0.05) is 30.2 Å². The molecule has 1 amide bonds. The molecule has 0 fully saturated rings. The van der Waals surface area contributed by atoms with E-state index in [4.69, 9.17) is 4.74 Å². The van der Waals surface area contributed by atoms with Crippen LogP contribution in [-0.2, 0) is 17.5 Å². The van der Waals surface area contributed by atoms with Crippen molar-refractivity contribution in [1.29, 1.82) is 0 Å². The Kier molecular flexibility index (Phi) is 6.67. The predicted molar refractivity (Wildman–Crippen MR) is 120 cm³/mol. The van der Waals surface area contributed by atoms with Gasteiger partial charge in [0.25, 0.3) is 5.91 Å². The first kappa shape index (κ1) is 23.7. The van der Waals surface area contributed by atoms with Gasteiger partial charge in [-0.2, -0.15) is 18.3 Å². The van der Waals surface area contributed by atoms with Gasteiger partial charge < -0.3 is 14.6 Å². The van der Waals surface area contributed by atoms with Gasteiger partial charge in [0.15, 0.2) is 5.69 Å². The summed E-state index contributed by atoms with van der Waals surface area (Å²) in [6, 6.07) is 12.7. The lowest BCUT2D eigenvalue weighted by molar-refractivity contribution is -0.143. The Balaban J connectivity index is 1.48. The Labute approximate surface area is 198 Å². The number of carbonyl (C=O) groups excluding carboxylic acids is 2. The maximum absolute atomic E-state index is 13.7. The van der Waals surface area contributed by atoms with Crippen LogP contribution in [0.4, 0.5) is 18.9 Å². The maximum atomic E-state index is 13.7. The Morgan fingerprint density at radius 3 is 2.37 bits per heavy atom. The third-order valence-corrected chi connectivity index (χ3v) is 5.04. The highest BCUT2D eigenvalue weighted by atomic mass is 19.4. The van der Waals surface area contributed by atoms with Crippen LogP contribution >= 0.6 is 0 Å². The van der Waals surface area contributed by atoms with Crippen LogP contribution in [0.1, 0.15) is 38.9 Å². The molecule has 180 valence electrons. The number of hydrogen-bond donors (Lipinski definition) is 1. The van der Waals surface area contributed by atoms with Crippen molar-refractivity contribution in [3.8, 4) is 5.69 Å². The Morgan fingerprint density at radius 2 is 1.77 bits per heavy atom. The molecule has 4 aromatic rings. The number of esters is 1. The normalized spacial score (nSPS) is 11.3. The topological polar surface area (TPSA) is 91.0 Å². The summed E-state index contributed by atoms with van der Waals surface area (Å²) in [5.74, 6) is -1.47. The summed E-state index contributed by atoms with van der Waals surface area (Å²) in [4.78, 5) is 28.5. The van der Waals surface area contributed by atoms with Gasteiger partial charge in [-0.05, 0) is 48.9 Å². The minimum atomic E-state index is -4.84. The van der Waals surface area contributed by atoms with Gasteiger partial charge in [0.2, 0.25) is 0 Å². The molecule has 2 aromatic carbocycles. The highest BCUT2D eigenvalue weighted by Gasteiger charge is 2.41. The van der Waals surface area contributed by atoms with E-state index in [2.05, 4.69) is 15.4 Å². The summed E-state index contributed by atoms with van der Waals surface area (Å²) in [6.07, 6.45) is 1.21. The number of benzene rings is 2. The number of anilines is 1. The molecule has 4 rings (SSSR count). The van der Waals surface area contributed by atoms with E-state index in [0.717, 1.165) is 11.8 Å². The summed E-state index contributed by atoms with van der Waals surface area (Å²) in [5, 5.41) is 6.44. The number of rotatable bonds is 7. The van der Waals surface area contributed by atoms with Crippen LogP contribution in [0.3, 0.4) is 0 Å². The molecule has 0 aliphatic heterocycles. The van der Waals surface area contributed by atoms with Gasteiger partial charge in [-0.1, -0.05) is 12.1 Å². The van der Waals surface area contributed by atoms with Crippen LogP contribution in [-0.4, -0.2) is 37.8 Å². The fourth-order valence-corrected chi connectivity index (χ4v) is 3.42. The summed E-state index contributed by atoms with van der Waals surface area (Å²) >= 11 is 0. The number of imidazole rings is 1. The third-order valence-electron chi connectivity index (χ3n) is 5.04. The zero-order valence-electron chi connectivity index (χ0n) is 18.5. The average molecular weight is 483 g/mol. The van der Waals surface area contributed by atoms with Crippen molar-refractivity contribution in [3.05, 3.63) is 95.8 Å². The molecule has 1 N–H and O–H groups in total. The standard InChI is InChI=1S/C24H20F3N5O3/c1-2-35-23(34)20-13-29-32(21(20)24(25,26)27)19-9-7-18(8-10-19)30-22(33)17-5-3-16(4-6-17)14-31-12-11-28-15-31/h3-13,15H,2,14H2,1H3,(H,30,33). The summed E-state index contributed by atoms with van der Waals surface area (Å²) in [7, 11) is 0. The first-order valence-corrected chi connectivity index (χ1v) is 10.5. The second-order valence-corrected chi connectivity index (χ2v) is 7.47. The van der Waals surface area contributed by atoms with Crippen LogP contribution in [0.15, 0.2) is 73.4 Å². The van der Waals surface area contributed by atoms with E-state index in [1.807, 2.05) is 22.9 Å². The fourth-order valence-electron chi connectivity index (χ4n) is 3.42. The summed E-state index contributed by atoms with van der Waals surface area (Å²) in [5.41, 5.74) is -0.0428. The number of aromatic nitrogens is 4. The van der Waals surface area contributed by atoms with E-state index < -0.39 is 23.4 Å². The van der Waals surface area contributed by atoms with Crippen molar-refractivity contribution >= 4 is 17.6 Å². The van der Waals surface area contributed by atoms with Crippen molar-refractivity contribution < 1.29 is 27.5 Å². The van der Waals surface area contributed by atoms with E-state index in [9.17, 15) is 22.8 Å². The number of carbonyl (C=O) groups is 2. The lowest BCUT2D eigenvalue weighted by Gasteiger charge is -2.13. The zero-order valence-corrected chi connectivity index (χ0v) is 18.5. The molecular formula is C24H20F3N5O3. The monoisotopic (exact) mass is 483 g/mol. The molecule has 8 nitrogen and oxygen atoms in total. The minimum Gasteiger partial charge on any atom is -0.462 e. The molecule has 35 heavy (non-hydrogen) atoms. The van der Waals surface area contributed by atoms with Crippen molar-refractivity contribution in [1.82, 2.24) is 19.3 Å². The van der Waals surface area contributed by atoms with E-state index in [1.54, 1.807) is 24.7 Å². The molecule has 0 radical (unpaired) electrons. The van der Waals surface area contributed by atoms with Gasteiger partial charge in [0.05, 0.1) is 24.8 Å². The van der Waals surface area contributed by atoms with Gasteiger partial charge >= 0.3 is 12.1 Å². The van der Waals surface area contributed by atoms with Crippen molar-refractivity contribution in [2.24, 2.45) is 0 Å². The third kappa shape index (κ3) is 5.40. The van der Waals surface area contributed by atoms with Crippen LogP contribution < -0.4 is 5.32 Å². The van der Waals surface area contributed by atoms with Gasteiger partial charge in [0.1, 0.15) is 5.56 Å². The van der Waals surface area contributed by atoms with Crippen LogP contribution in [0.5, 0.6) is 0 Å². The number of nitrogens with one attached hydrogen (secondary N) is 1. The van der Waals surface area contributed by atoms with Crippen LogP contribution in [0.25, 0.3) is 5.69 Å². The quantitative estimate of drug-likeness (QED) is 0.389. The lowest BCUT2D eigenvalue weighted by atomic mass is 10.1. The number of alkyl halides is 3. The Bertz CT molecular complexity index is 1310. The van der Waals surface area contributed by atoms with Crippen LogP contribution in [0, 0.1) is 0 Å². The Hall–Kier alpha value is -4.41. The smallest absolute Gasteiger partial charge is 0.434 e. The zero-order chi connectivity index (χ0) is 25.0. The predicted octanol–water partition coefficient (Wildman–Crippen LogP) is 4.56. The number of ether oxygens (including phenoxy) is 1. The van der Waals surface area contributed by atoms with E-state index in [-0.39, 0.29) is 18.2 Å². The van der Waals surface area contributed by atoms with Crippen molar-refractivity contribution in [2.75, 3.05) is 11.9 Å². The lowest BCUT2D eigenvalue weighted by Crippen LogP contribution is -2.18.